The molecule has 9 aromatic rings. The first-order valence-electron chi connectivity index (χ1n) is 35.2. The Bertz CT molecular complexity index is 3100. The van der Waals surface area contributed by atoms with Gasteiger partial charge in [-0.15, -0.1) is 96.3 Å². The summed E-state index contributed by atoms with van der Waals surface area (Å²) in [5.41, 5.74) is 20.2. The van der Waals surface area contributed by atoms with Crippen molar-refractivity contribution in [3.63, 3.8) is 0 Å². The summed E-state index contributed by atoms with van der Waals surface area (Å²) in [4.78, 5) is 14.1. The molecule has 1 N–H and O–H groups in total. The number of allylic oxidation sites excluding steroid dienone is 4. The van der Waals surface area contributed by atoms with Gasteiger partial charge in [0.1, 0.15) is 0 Å². The second-order valence-electron chi connectivity index (χ2n) is 26.1. The number of rotatable bonds is 14. The molecule has 0 heterocycles. The van der Waals surface area contributed by atoms with Crippen LogP contribution in [0.2, 0.25) is 0 Å². The number of hydrogen-bond donors (Lipinski definition) is 1. The Hall–Kier alpha value is -7.85. The van der Waals surface area contributed by atoms with Gasteiger partial charge in [-0.2, -0.15) is 172 Å². The van der Waals surface area contributed by atoms with Crippen molar-refractivity contribution in [1.29, 1.82) is 0 Å². The van der Waals surface area contributed by atoms with Crippen LogP contribution in [0.3, 0.4) is 0 Å². The van der Waals surface area contributed by atoms with Crippen LogP contribution >= 0.6 is 0 Å². The molecule has 8 heteroatoms. The Morgan fingerprint density at radius 2 is 0.624 bits per heavy atom. The van der Waals surface area contributed by atoms with E-state index < -0.39 is 0 Å². The predicted molar refractivity (Wildman–Crippen MR) is 440 cm³/mol. The summed E-state index contributed by atoms with van der Waals surface area (Å²) in [7, 11) is 8.39. The molecule has 2 aliphatic rings. The maximum absolute atomic E-state index is 5.16. The molecule has 0 saturated heterocycles. The van der Waals surface area contributed by atoms with Crippen molar-refractivity contribution < 1.29 is 53.1 Å². The van der Waals surface area contributed by atoms with E-state index >= 15 is 0 Å². The van der Waals surface area contributed by atoms with Crippen molar-refractivity contribution in [1.82, 2.24) is 9.80 Å². The largest absolute Gasteiger partial charge is 4.00 e. The molecule has 11 rings (SSSR count). The summed E-state index contributed by atoms with van der Waals surface area (Å²) < 4.78 is 0. The maximum atomic E-state index is 5.16. The zero-order valence-corrected chi connectivity index (χ0v) is 70.6. The third kappa shape index (κ3) is 41.6. The standard InChI is InChI=1S/C22H35N3.C22H34N3.7C7H7.2Hf.H2/c2*1-16(2)18-10-9-11-19(17(3)4)22(18)24-21-13-8-7-12-20(21)23-14-15-25(5)6;7*1-7-5-3-2-4-6-7;;;/h9-11,13,16-17,24H,7-8,12,14-15H2,1-6H3;9-11,13,16-17H,7-8,12,14-15H2,1-6H3;7*2-6H,1H2;;;1H/q;8*-1;;+4;. The number of hydrogen-bond acceptors (Lipinski definition) is 5. The molecule has 101 heavy (non-hydrogen) atoms. The van der Waals surface area contributed by atoms with Gasteiger partial charge in [-0.1, -0.05) is 158 Å². The minimum Gasteiger partial charge on any atom is -0.656 e. The van der Waals surface area contributed by atoms with Crippen LogP contribution in [-0.2, 0) is 51.7 Å². The fourth-order valence-corrected chi connectivity index (χ4v) is 9.79. The molecule has 0 aromatic heterocycles. The molecule has 6 nitrogen and oxygen atoms in total. The summed E-state index contributed by atoms with van der Waals surface area (Å²) in [6, 6.07) is 82.4. The summed E-state index contributed by atoms with van der Waals surface area (Å²) >= 11 is 0. The van der Waals surface area contributed by atoms with Gasteiger partial charge in [0.25, 0.3) is 0 Å². The Morgan fingerprint density at radius 3 is 0.881 bits per heavy atom. The quantitative estimate of drug-likeness (QED) is 0.0872. The first kappa shape index (κ1) is 91.2. The number of likely N-dealkylation sites (N-methyl/N-ethyl adjacent to an activating group) is 2. The number of para-hydroxylation sites is 2. The summed E-state index contributed by atoms with van der Waals surface area (Å²) in [5, 5.41) is 8.94. The molecule has 0 aliphatic heterocycles. The third-order valence-electron chi connectivity index (χ3n) is 15.3. The molecule has 0 saturated carbocycles. The van der Waals surface area contributed by atoms with Crippen molar-refractivity contribution in [3.05, 3.63) is 387 Å². The molecule has 2 aliphatic carbocycles. The fourth-order valence-electron chi connectivity index (χ4n) is 9.79. The zero-order valence-electron chi connectivity index (χ0n) is 63.4. The van der Waals surface area contributed by atoms with E-state index in [4.69, 9.17) is 15.3 Å². The fraction of sp³-hybridized carbons (Fsp3) is 0.280. The second kappa shape index (κ2) is 54.8. The van der Waals surface area contributed by atoms with E-state index in [0.717, 1.165) is 96.5 Å². The number of anilines is 1. The second-order valence-corrected chi connectivity index (χ2v) is 26.1. The van der Waals surface area contributed by atoms with E-state index in [1.807, 2.05) is 212 Å². The van der Waals surface area contributed by atoms with Crippen molar-refractivity contribution in [2.75, 3.05) is 59.7 Å². The summed E-state index contributed by atoms with van der Waals surface area (Å²) in [6.45, 7) is 47.8. The smallest absolute Gasteiger partial charge is 0.656 e. The molecule has 0 amide bonds. The van der Waals surface area contributed by atoms with Crippen LogP contribution in [0.25, 0.3) is 5.32 Å². The Labute approximate surface area is 654 Å². The number of benzene rings is 9. The molecule has 0 atom stereocenters. The minimum atomic E-state index is 0. The monoisotopic (exact) mass is 1680 g/mol. The molecular weight excluding hydrogens is 1560 g/mol. The van der Waals surface area contributed by atoms with Crippen molar-refractivity contribution in [3.8, 4) is 0 Å². The van der Waals surface area contributed by atoms with Crippen LogP contribution in [0, 0.1) is 48.5 Å². The average Bonchev–Trinajstić information content (AvgIpc) is 0.817. The Morgan fingerprint density at radius 1 is 0.366 bits per heavy atom. The molecule has 0 bridgehead atoms. The van der Waals surface area contributed by atoms with Gasteiger partial charge in [0, 0.05) is 51.8 Å². The van der Waals surface area contributed by atoms with E-state index in [9.17, 15) is 0 Å². The summed E-state index contributed by atoms with van der Waals surface area (Å²) in [5.74, 6) is 1.94. The van der Waals surface area contributed by atoms with Gasteiger partial charge in [-0.05, 0) is 102 Å². The SMILES string of the molecule is CC(C)c1cccc(C(C)C)c1NC1=CCCCC1=NCCN(C)C.CC(C)c1cccc(C(C)C)c1[N-]C1=CCCCC1=NCCN(C)C.[CH2-]c1ccccc1.[CH2-]c1ccccc1.[CH2-]c1ccccc1.[CH2-]c1ccccc1.[CH2-]c1ccccc1.[CH2-]c1ccccc1.[CH2-]c1ccccc1.[HH].[Hf+4].[Hf]. The van der Waals surface area contributed by atoms with Crippen molar-refractivity contribution in [2.45, 2.75) is 118 Å². The van der Waals surface area contributed by atoms with Gasteiger partial charge in [0.15, 0.2) is 0 Å². The average molecular weight is 1680 g/mol. The first-order valence-corrected chi connectivity index (χ1v) is 35.2. The third-order valence-corrected chi connectivity index (χ3v) is 15.3. The molecule has 0 radical (unpaired) electrons. The first-order chi connectivity index (χ1) is 47.6. The van der Waals surface area contributed by atoms with Crippen LogP contribution in [-0.4, -0.2) is 75.6 Å². The number of aliphatic imine (C=N–C) groups is 2. The van der Waals surface area contributed by atoms with E-state index in [0.29, 0.717) is 23.7 Å². The number of nitrogens with one attached hydrogen (secondary N) is 1. The van der Waals surface area contributed by atoms with Gasteiger partial charge in [-0.3, -0.25) is 9.98 Å². The summed E-state index contributed by atoms with van der Waals surface area (Å²) in [6.07, 6.45) is 11.4. The predicted octanol–water partition coefficient (Wildman–Crippen LogP) is 24.7. The van der Waals surface area contributed by atoms with Crippen molar-refractivity contribution in [2.24, 2.45) is 9.98 Å². The molecule has 9 aromatic carbocycles. The Balaban J connectivity index is 0.00000120. The van der Waals surface area contributed by atoms with Crippen LogP contribution < -0.4 is 5.32 Å². The maximum Gasteiger partial charge on any atom is 4.00 e. The zero-order chi connectivity index (χ0) is 72.6. The van der Waals surface area contributed by atoms with E-state index in [1.165, 1.54) is 63.6 Å². The molecular formula is C93H120Hf2N6-4. The van der Waals surface area contributed by atoms with Crippen LogP contribution in [0.1, 0.15) is 180 Å². The van der Waals surface area contributed by atoms with Crippen LogP contribution in [0.15, 0.2) is 282 Å². The van der Waals surface area contributed by atoms with E-state index in [2.05, 4.69) is 196 Å². The number of nitrogens with zero attached hydrogens (tertiary/aromatic N) is 5. The van der Waals surface area contributed by atoms with Crippen LogP contribution in [0.5, 0.6) is 0 Å². The molecule has 0 unspecified atom stereocenters. The van der Waals surface area contributed by atoms with Gasteiger partial charge in [-0.25, -0.2) is 0 Å². The Kier molecular flexibility index (Phi) is 49.5. The van der Waals surface area contributed by atoms with Gasteiger partial charge < -0.3 is 20.4 Å². The van der Waals surface area contributed by atoms with Gasteiger partial charge >= 0.3 is 25.8 Å². The molecule has 0 spiro atoms. The van der Waals surface area contributed by atoms with Crippen molar-refractivity contribution >= 4 is 22.8 Å². The van der Waals surface area contributed by atoms with Crippen LogP contribution in [0.4, 0.5) is 11.4 Å². The topological polar surface area (TPSA) is 57.3 Å². The van der Waals surface area contributed by atoms with E-state index in [-0.39, 0.29) is 53.1 Å². The van der Waals surface area contributed by atoms with Gasteiger partial charge in [0.2, 0.25) is 0 Å². The molecule has 0 fully saturated rings. The normalized spacial score (nSPS) is 12.5. The van der Waals surface area contributed by atoms with E-state index in [1.54, 1.807) is 0 Å². The molecule has 534 valence electrons. The van der Waals surface area contributed by atoms with Gasteiger partial charge in [0.05, 0.1) is 24.5 Å². The minimum absolute atomic E-state index is 0.